The van der Waals surface area contributed by atoms with Gasteiger partial charge in [-0.1, -0.05) is 39.0 Å². The number of hydrogen-bond acceptors (Lipinski definition) is 4. The molecule has 1 aliphatic rings. The second-order valence-corrected chi connectivity index (χ2v) is 9.69. The predicted octanol–water partition coefficient (Wildman–Crippen LogP) is 2.00. The fraction of sp³-hybridized carbons (Fsp3) is 0.611. The molecule has 0 aromatic heterocycles. The van der Waals surface area contributed by atoms with Gasteiger partial charge in [-0.3, -0.25) is 4.79 Å². The lowest BCUT2D eigenvalue weighted by Gasteiger charge is -2.32. The summed E-state index contributed by atoms with van der Waals surface area (Å²) < 4.78 is 26.7. The average Bonchev–Trinajstić information content (AvgIpc) is 2.59. The van der Waals surface area contributed by atoms with Crippen LogP contribution in [0, 0.1) is 11.3 Å². The Morgan fingerprint density at radius 3 is 2.27 bits per heavy atom. The highest BCUT2D eigenvalue weighted by Gasteiger charge is 2.31. The Hall–Kier alpha value is -1.15. The number of hydrogen-bond donors (Lipinski definition) is 2. The van der Waals surface area contributed by atoms with Gasteiger partial charge in [0.15, 0.2) is 0 Å². The summed E-state index contributed by atoms with van der Waals surface area (Å²) in [5, 5.41) is 2.91. The molecule has 1 aromatic rings. The molecule has 0 radical (unpaired) electrons. The highest BCUT2D eigenvalue weighted by Crippen LogP contribution is 2.23. The van der Waals surface area contributed by atoms with Gasteiger partial charge >= 0.3 is 0 Å². The number of carbonyl (C=O) groups excluding carboxylic acids is 1. The molecule has 2 rings (SSSR count). The van der Waals surface area contributed by atoms with E-state index >= 15 is 0 Å². The van der Waals surface area contributed by atoms with Gasteiger partial charge < -0.3 is 11.1 Å². The highest BCUT2D eigenvalue weighted by molar-refractivity contribution is 7.89. The maximum absolute atomic E-state index is 12.6. The van der Waals surface area contributed by atoms with Crippen molar-refractivity contribution in [3.8, 4) is 0 Å². The van der Waals surface area contributed by atoms with Crippen LogP contribution in [0.2, 0.25) is 0 Å². The van der Waals surface area contributed by atoms with E-state index in [9.17, 15) is 13.2 Å². The summed E-state index contributed by atoms with van der Waals surface area (Å²) in [6, 6.07) is 7.95. The summed E-state index contributed by atoms with van der Waals surface area (Å²) in [5.41, 5.74) is 5.67. The molecule has 0 spiro atoms. The topological polar surface area (TPSA) is 92.5 Å². The summed E-state index contributed by atoms with van der Waals surface area (Å²) in [5.74, 6) is 0.130. The van der Waals surface area contributed by atoms with Crippen molar-refractivity contribution in [3.05, 3.63) is 30.3 Å². The normalized spacial score (nSPS) is 18.0. The summed E-state index contributed by atoms with van der Waals surface area (Å²) in [4.78, 5) is 12.4. The van der Waals surface area contributed by atoms with Crippen molar-refractivity contribution in [3.63, 3.8) is 0 Å². The van der Waals surface area contributed by atoms with Crippen LogP contribution in [0.4, 0.5) is 0 Å². The minimum Gasteiger partial charge on any atom is -0.354 e. The molecule has 1 atom stereocenters. The van der Waals surface area contributed by atoms with Crippen LogP contribution in [0.3, 0.4) is 0 Å². The molecule has 26 heavy (non-hydrogen) atoms. The molecule has 1 heterocycles. The Kier molecular flexibility index (Phi) is 8.07. The van der Waals surface area contributed by atoms with E-state index in [1.165, 1.54) is 4.31 Å². The Morgan fingerprint density at radius 2 is 1.77 bits per heavy atom. The number of rotatable bonds is 5. The lowest BCUT2D eigenvalue weighted by atomic mass is 9.87. The first-order valence-corrected chi connectivity index (χ1v) is 10.1. The molecule has 6 nitrogen and oxygen atoms in total. The van der Waals surface area contributed by atoms with Crippen LogP contribution in [0.15, 0.2) is 35.2 Å². The zero-order valence-electron chi connectivity index (χ0n) is 15.6. The van der Waals surface area contributed by atoms with Crippen molar-refractivity contribution in [1.29, 1.82) is 0 Å². The van der Waals surface area contributed by atoms with E-state index in [1.54, 1.807) is 30.3 Å². The predicted molar refractivity (Wildman–Crippen MR) is 106 cm³/mol. The van der Waals surface area contributed by atoms with Crippen LogP contribution in [-0.4, -0.2) is 44.3 Å². The van der Waals surface area contributed by atoms with Gasteiger partial charge in [0.2, 0.25) is 15.9 Å². The molecule has 0 aliphatic carbocycles. The zero-order valence-corrected chi connectivity index (χ0v) is 17.3. The molecule has 148 valence electrons. The van der Waals surface area contributed by atoms with Crippen molar-refractivity contribution < 1.29 is 13.2 Å². The Balaban J connectivity index is 0.00000338. The number of benzene rings is 1. The van der Waals surface area contributed by atoms with Crippen LogP contribution in [0.1, 0.15) is 33.6 Å². The molecule has 0 unspecified atom stereocenters. The van der Waals surface area contributed by atoms with E-state index in [1.807, 2.05) is 20.8 Å². The SMILES string of the molecule is CC(C)(C)[C@H](N)C(=O)NCC1CCN(S(=O)(=O)c2ccccc2)CC1.Cl. The van der Waals surface area contributed by atoms with Crippen LogP contribution in [0.25, 0.3) is 0 Å². The van der Waals surface area contributed by atoms with Gasteiger partial charge in [-0.2, -0.15) is 4.31 Å². The van der Waals surface area contributed by atoms with Crippen molar-refractivity contribution in [2.75, 3.05) is 19.6 Å². The monoisotopic (exact) mass is 403 g/mol. The molecule has 0 bridgehead atoms. The third-order valence-electron chi connectivity index (χ3n) is 4.73. The fourth-order valence-electron chi connectivity index (χ4n) is 2.84. The second-order valence-electron chi connectivity index (χ2n) is 7.75. The maximum atomic E-state index is 12.6. The molecule has 1 amide bonds. The Labute approximate surface area is 163 Å². The van der Waals surface area contributed by atoms with Gasteiger partial charge in [0.25, 0.3) is 0 Å². The number of amides is 1. The Morgan fingerprint density at radius 1 is 1.23 bits per heavy atom. The second kappa shape index (κ2) is 9.17. The van der Waals surface area contributed by atoms with E-state index in [0.717, 1.165) is 12.8 Å². The largest absolute Gasteiger partial charge is 0.354 e. The van der Waals surface area contributed by atoms with Crippen molar-refractivity contribution >= 4 is 28.3 Å². The number of piperidine rings is 1. The van der Waals surface area contributed by atoms with E-state index in [4.69, 9.17) is 5.73 Å². The summed E-state index contributed by atoms with van der Waals surface area (Å²) >= 11 is 0. The molecule has 1 fully saturated rings. The van der Waals surface area contributed by atoms with E-state index in [2.05, 4.69) is 5.32 Å². The summed E-state index contributed by atoms with van der Waals surface area (Å²) in [6.07, 6.45) is 1.47. The van der Waals surface area contributed by atoms with E-state index in [0.29, 0.717) is 24.5 Å². The van der Waals surface area contributed by atoms with Crippen LogP contribution in [0.5, 0.6) is 0 Å². The molecule has 1 aromatic carbocycles. The molecular formula is C18H30ClN3O3S. The third kappa shape index (κ3) is 5.67. The van der Waals surface area contributed by atoms with Crippen LogP contribution in [-0.2, 0) is 14.8 Å². The van der Waals surface area contributed by atoms with Gasteiger partial charge in [-0.05, 0) is 36.3 Å². The summed E-state index contributed by atoms with van der Waals surface area (Å²) in [7, 11) is -3.42. The summed E-state index contributed by atoms with van der Waals surface area (Å²) in [6.45, 7) is 7.30. The van der Waals surface area contributed by atoms with Crippen molar-refractivity contribution in [1.82, 2.24) is 9.62 Å². The lowest BCUT2D eigenvalue weighted by Crippen LogP contribution is -2.50. The molecule has 1 saturated heterocycles. The Bertz CT molecular complexity index is 681. The fourth-order valence-corrected chi connectivity index (χ4v) is 4.33. The van der Waals surface area contributed by atoms with Crippen LogP contribution >= 0.6 is 12.4 Å². The number of halogens is 1. The van der Waals surface area contributed by atoms with Gasteiger partial charge in [0.05, 0.1) is 10.9 Å². The first-order chi connectivity index (χ1) is 11.6. The van der Waals surface area contributed by atoms with Gasteiger partial charge in [0.1, 0.15) is 0 Å². The number of nitrogens with two attached hydrogens (primary N) is 1. The number of carbonyl (C=O) groups is 1. The number of nitrogens with one attached hydrogen (secondary N) is 1. The van der Waals surface area contributed by atoms with Gasteiger partial charge in [-0.15, -0.1) is 12.4 Å². The van der Waals surface area contributed by atoms with E-state index < -0.39 is 16.1 Å². The number of nitrogens with zero attached hydrogens (tertiary/aromatic N) is 1. The van der Waals surface area contributed by atoms with Crippen LogP contribution < -0.4 is 11.1 Å². The third-order valence-corrected chi connectivity index (χ3v) is 6.65. The smallest absolute Gasteiger partial charge is 0.243 e. The van der Waals surface area contributed by atoms with Crippen molar-refractivity contribution in [2.24, 2.45) is 17.1 Å². The molecule has 3 N–H and O–H groups in total. The standard InChI is InChI=1S/C18H29N3O3S.ClH/c1-18(2,3)16(19)17(22)20-13-14-9-11-21(12-10-14)25(23,24)15-7-5-4-6-8-15;/h4-8,14,16H,9-13,19H2,1-3H3,(H,20,22);1H/t16-;/m1./s1. The van der Waals surface area contributed by atoms with Gasteiger partial charge in [0, 0.05) is 19.6 Å². The maximum Gasteiger partial charge on any atom is 0.243 e. The minimum atomic E-state index is -3.42. The molecule has 1 aliphatic heterocycles. The number of sulfonamides is 1. The van der Waals surface area contributed by atoms with Gasteiger partial charge in [-0.25, -0.2) is 8.42 Å². The highest BCUT2D eigenvalue weighted by atomic mass is 35.5. The minimum absolute atomic E-state index is 0. The molecule has 0 saturated carbocycles. The lowest BCUT2D eigenvalue weighted by molar-refractivity contribution is -0.124. The molecular weight excluding hydrogens is 374 g/mol. The van der Waals surface area contributed by atoms with E-state index in [-0.39, 0.29) is 29.6 Å². The zero-order chi connectivity index (χ0) is 18.7. The average molecular weight is 404 g/mol. The van der Waals surface area contributed by atoms with Crippen molar-refractivity contribution in [2.45, 2.75) is 44.6 Å². The molecule has 8 heteroatoms. The quantitative estimate of drug-likeness (QED) is 0.786. The first kappa shape index (κ1) is 22.9. The first-order valence-electron chi connectivity index (χ1n) is 8.71.